The molecule has 3 nitrogen and oxygen atoms in total. The number of aromatic nitrogens is 1. The summed E-state index contributed by atoms with van der Waals surface area (Å²) < 4.78 is 0. The van der Waals surface area contributed by atoms with Crippen molar-refractivity contribution in [3.05, 3.63) is 11.1 Å². The van der Waals surface area contributed by atoms with E-state index in [1.807, 2.05) is 17.5 Å². The van der Waals surface area contributed by atoms with E-state index >= 15 is 0 Å². The number of rotatable bonds is 7. The number of nitrogens with zero attached hydrogens (tertiary/aromatic N) is 2. The molecule has 0 spiro atoms. The van der Waals surface area contributed by atoms with Crippen molar-refractivity contribution in [1.29, 1.82) is 0 Å². The van der Waals surface area contributed by atoms with E-state index in [-0.39, 0.29) is 0 Å². The summed E-state index contributed by atoms with van der Waals surface area (Å²) in [6.45, 7) is 10.9. The molecule has 1 N–H and O–H groups in total. The van der Waals surface area contributed by atoms with Crippen molar-refractivity contribution in [2.45, 2.75) is 46.6 Å². The molecule has 4 heteroatoms. The molecule has 0 saturated heterocycles. The topological polar surface area (TPSA) is 28.2 Å². The number of thiazole rings is 1. The van der Waals surface area contributed by atoms with Crippen molar-refractivity contribution in [3.8, 4) is 0 Å². The highest BCUT2D eigenvalue weighted by Gasteiger charge is 2.30. The summed E-state index contributed by atoms with van der Waals surface area (Å²) in [4.78, 5) is 8.17. The quantitative estimate of drug-likeness (QED) is 0.822. The second-order valence-corrected chi connectivity index (χ2v) is 6.64. The van der Waals surface area contributed by atoms with E-state index < -0.39 is 0 Å². The molecule has 0 amide bonds. The van der Waals surface area contributed by atoms with Gasteiger partial charge in [-0.3, -0.25) is 0 Å². The Balaban J connectivity index is 1.79. The Morgan fingerprint density at radius 2 is 2.11 bits per heavy atom. The predicted octanol–water partition coefficient (Wildman–Crippen LogP) is 3.27. The first-order valence-corrected chi connectivity index (χ1v) is 7.89. The zero-order valence-electron chi connectivity index (χ0n) is 11.8. The zero-order chi connectivity index (χ0) is 13.0. The zero-order valence-corrected chi connectivity index (χ0v) is 12.6. The SMILES string of the molecule is CCN(CC)c1ncc(CNCC2(C)CCC2)s1. The van der Waals surface area contributed by atoms with Crippen LogP contribution in [0.3, 0.4) is 0 Å². The van der Waals surface area contributed by atoms with Gasteiger partial charge in [0.2, 0.25) is 0 Å². The molecule has 2 rings (SSSR count). The highest BCUT2D eigenvalue weighted by molar-refractivity contribution is 7.15. The molecule has 0 aliphatic heterocycles. The van der Waals surface area contributed by atoms with Crippen LogP contribution >= 0.6 is 11.3 Å². The fourth-order valence-corrected chi connectivity index (χ4v) is 3.47. The molecule has 1 aromatic rings. The molecule has 0 bridgehead atoms. The van der Waals surface area contributed by atoms with Crippen LogP contribution in [0.5, 0.6) is 0 Å². The highest BCUT2D eigenvalue weighted by atomic mass is 32.1. The van der Waals surface area contributed by atoms with E-state index in [0.29, 0.717) is 5.41 Å². The van der Waals surface area contributed by atoms with Crippen LogP contribution in [0, 0.1) is 5.41 Å². The van der Waals surface area contributed by atoms with Crippen LogP contribution in [0.25, 0.3) is 0 Å². The van der Waals surface area contributed by atoms with E-state index in [1.54, 1.807) is 0 Å². The summed E-state index contributed by atoms with van der Waals surface area (Å²) in [6.07, 6.45) is 6.19. The lowest BCUT2D eigenvalue weighted by atomic mass is 9.70. The molecule has 0 aromatic carbocycles. The molecule has 1 saturated carbocycles. The normalized spacial score (nSPS) is 17.5. The van der Waals surface area contributed by atoms with E-state index in [4.69, 9.17) is 0 Å². The third-order valence-corrected chi connectivity index (χ3v) is 5.05. The predicted molar refractivity (Wildman–Crippen MR) is 79.3 cm³/mol. The van der Waals surface area contributed by atoms with Crippen LogP contribution in [0.4, 0.5) is 5.13 Å². The average Bonchev–Trinajstić information content (AvgIpc) is 2.77. The molecule has 1 heterocycles. The van der Waals surface area contributed by atoms with Gasteiger partial charge in [0.1, 0.15) is 0 Å². The van der Waals surface area contributed by atoms with Gasteiger partial charge in [-0.25, -0.2) is 4.98 Å². The summed E-state index contributed by atoms with van der Waals surface area (Å²) in [7, 11) is 0. The van der Waals surface area contributed by atoms with Crippen LogP contribution in [-0.2, 0) is 6.54 Å². The Hall–Kier alpha value is -0.610. The molecule has 0 unspecified atom stereocenters. The van der Waals surface area contributed by atoms with Crippen molar-refractivity contribution < 1.29 is 0 Å². The van der Waals surface area contributed by atoms with Gasteiger partial charge in [0, 0.05) is 37.3 Å². The van der Waals surface area contributed by atoms with Gasteiger partial charge in [0.05, 0.1) is 0 Å². The van der Waals surface area contributed by atoms with Crippen LogP contribution in [0.2, 0.25) is 0 Å². The molecule has 1 aromatic heterocycles. The molecule has 1 fully saturated rings. The first-order chi connectivity index (χ1) is 8.67. The molecule has 0 atom stereocenters. The first-order valence-electron chi connectivity index (χ1n) is 7.07. The van der Waals surface area contributed by atoms with E-state index in [1.165, 1.54) is 24.1 Å². The lowest BCUT2D eigenvalue weighted by molar-refractivity contribution is 0.156. The van der Waals surface area contributed by atoms with E-state index in [9.17, 15) is 0 Å². The van der Waals surface area contributed by atoms with Gasteiger partial charge >= 0.3 is 0 Å². The maximum atomic E-state index is 4.51. The fourth-order valence-electron chi connectivity index (χ4n) is 2.46. The lowest BCUT2D eigenvalue weighted by Gasteiger charge is -2.38. The van der Waals surface area contributed by atoms with Crippen LogP contribution in [0.15, 0.2) is 6.20 Å². The summed E-state index contributed by atoms with van der Waals surface area (Å²) in [5, 5.41) is 4.74. The molecule has 1 aliphatic carbocycles. The van der Waals surface area contributed by atoms with E-state index in [2.05, 4.69) is 36.0 Å². The minimum atomic E-state index is 0.562. The van der Waals surface area contributed by atoms with Crippen LogP contribution < -0.4 is 10.2 Å². The van der Waals surface area contributed by atoms with Gasteiger partial charge in [-0.05, 0) is 32.1 Å². The number of hydrogen-bond donors (Lipinski definition) is 1. The van der Waals surface area contributed by atoms with Crippen molar-refractivity contribution in [3.63, 3.8) is 0 Å². The highest BCUT2D eigenvalue weighted by Crippen LogP contribution is 2.39. The van der Waals surface area contributed by atoms with Crippen molar-refractivity contribution in [2.24, 2.45) is 5.41 Å². The maximum Gasteiger partial charge on any atom is 0.185 e. The summed E-state index contributed by atoms with van der Waals surface area (Å²) in [5.74, 6) is 0. The minimum absolute atomic E-state index is 0.562. The minimum Gasteiger partial charge on any atom is -0.349 e. The average molecular weight is 267 g/mol. The van der Waals surface area contributed by atoms with Crippen molar-refractivity contribution in [1.82, 2.24) is 10.3 Å². The summed E-state index contributed by atoms with van der Waals surface area (Å²) >= 11 is 1.82. The van der Waals surface area contributed by atoms with Gasteiger partial charge < -0.3 is 10.2 Å². The van der Waals surface area contributed by atoms with Gasteiger partial charge in [-0.2, -0.15) is 0 Å². The van der Waals surface area contributed by atoms with Crippen molar-refractivity contribution >= 4 is 16.5 Å². The number of hydrogen-bond acceptors (Lipinski definition) is 4. The Morgan fingerprint density at radius 3 is 2.67 bits per heavy atom. The number of anilines is 1. The fraction of sp³-hybridized carbons (Fsp3) is 0.786. The first kappa shape index (κ1) is 13.8. The third kappa shape index (κ3) is 3.23. The number of nitrogens with one attached hydrogen (secondary N) is 1. The summed E-state index contributed by atoms with van der Waals surface area (Å²) in [6, 6.07) is 0. The molecular formula is C14H25N3S. The standard InChI is InChI=1S/C14H25N3S/c1-4-17(5-2)13-16-10-12(18-13)9-15-11-14(3)7-6-8-14/h10,15H,4-9,11H2,1-3H3. The van der Waals surface area contributed by atoms with E-state index in [0.717, 1.165) is 31.3 Å². The van der Waals surface area contributed by atoms with Gasteiger partial charge in [-0.15, -0.1) is 11.3 Å². The largest absolute Gasteiger partial charge is 0.349 e. The molecule has 18 heavy (non-hydrogen) atoms. The van der Waals surface area contributed by atoms with Gasteiger partial charge in [-0.1, -0.05) is 13.3 Å². The molecule has 0 radical (unpaired) electrons. The monoisotopic (exact) mass is 267 g/mol. The summed E-state index contributed by atoms with van der Waals surface area (Å²) in [5.41, 5.74) is 0.562. The van der Waals surface area contributed by atoms with Crippen LogP contribution in [-0.4, -0.2) is 24.6 Å². The molecule has 102 valence electrons. The van der Waals surface area contributed by atoms with Crippen LogP contribution in [0.1, 0.15) is 44.9 Å². The van der Waals surface area contributed by atoms with Gasteiger partial charge in [0.25, 0.3) is 0 Å². The lowest BCUT2D eigenvalue weighted by Crippen LogP contribution is -2.36. The Kier molecular flexibility index (Phi) is 4.62. The van der Waals surface area contributed by atoms with Crippen molar-refractivity contribution in [2.75, 3.05) is 24.5 Å². The third-order valence-electron chi connectivity index (χ3n) is 3.99. The second kappa shape index (κ2) is 6.02. The Labute approximate surface area is 115 Å². The Bertz CT molecular complexity index is 367. The second-order valence-electron chi connectivity index (χ2n) is 5.55. The van der Waals surface area contributed by atoms with Gasteiger partial charge in [0.15, 0.2) is 5.13 Å². The maximum absolute atomic E-state index is 4.51. The smallest absolute Gasteiger partial charge is 0.185 e. The molecule has 1 aliphatic rings. The molecular weight excluding hydrogens is 242 g/mol. The Morgan fingerprint density at radius 1 is 1.39 bits per heavy atom.